The van der Waals surface area contributed by atoms with E-state index in [1.807, 2.05) is 44.2 Å². The summed E-state index contributed by atoms with van der Waals surface area (Å²) in [7, 11) is 0. The molecule has 3 N–H and O–H groups in total. The zero-order valence-electron chi connectivity index (χ0n) is 24.1. The number of aromatic nitrogens is 4. The molecule has 4 heterocycles. The molecule has 0 saturated carbocycles. The molecule has 2 aliphatic heterocycles. The lowest BCUT2D eigenvalue weighted by atomic mass is 9.96. The van der Waals surface area contributed by atoms with E-state index in [1.54, 1.807) is 39.8 Å². The third-order valence-corrected chi connectivity index (χ3v) is 8.05. The highest BCUT2D eigenvalue weighted by Gasteiger charge is 2.38. The third kappa shape index (κ3) is 5.36. The molecular weight excluding hydrogens is 546 g/mol. The van der Waals surface area contributed by atoms with Gasteiger partial charge in [-0.2, -0.15) is 5.26 Å². The number of piperazine rings is 1. The van der Waals surface area contributed by atoms with Crippen molar-refractivity contribution in [2.24, 2.45) is 0 Å². The molecule has 0 radical (unpaired) electrons. The minimum absolute atomic E-state index is 0.0983. The number of benzene rings is 2. The number of rotatable bonds is 7. The molecule has 12 nitrogen and oxygen atoms in total. The van der Waals surface area contributed by atoms with Gasteiger partial charge < -0.3 is 20.7 Å². The van der Waals surface area contributed by atoms with Crippen molar-refractivity contribution in [2.75, 3.05) is 45.0 Å². The van der Waals surface area contributed by atoms with Gasteiger partial charge in [0.2, 0.25) is 0 Å². The number of hydrogen-bond donors (Lipinski definition) is 2. The van der Waals surface area contributed by atoms with Gasteiger partial charge in [0.15, 0.2) is 11.5 Å². The number of carbonyl (C=O) groups excluding carboxylic acids is 1. The monoisotopic (exact) mass is 579 g/mol. The number of amides is 1. The Labute approximate surface area is 248 Å². The molecule has 2 aromatic carbocycles. The van der Waals surface area contributed by atoms with Crippen LogP contribution in [0.2, 0.25) is 0 Å². The standard InChI is InChI=1S/C31H33N9O3/c1-31(2,38-14-12-34-13-15-38)16-21(17-32)29(41)37-18-23(19-37)40-28-26(27(33)35-20-36-28)39(30(40)42)22-8-10-25(11-9-22)43-24-6-4-3-5-7-24/h3-11,16,20,23,34H,12-15,18-19H2,1-2H3,(H2,33,35,36)/b21-16-. The first-order valence-corrected chi connectivity index (χ1v) is 14.2. The molecule has 1 amide bonds. The summed E-state index contributed by atoms with van der Waals surface area (Å²) in [5.74, 6) is 1.14. The van der Waals surface area contributed by atoms with Crippen LogP contribution in [0.15, 0.2) is 77.4 Å². The van der Waals surface area contributed by atoms with Crippen LogP contribution < -0.4 is 21.5 Å². The number of nitrogens with two attached hydrogens (primary N) is 1. The van der Waals surface area contributed by atoms with Crippen LogP contribution in [0, 0.1) is 11.3 Å². The van der Waals surface area contributed by atoms with Gasteiger partial charge in [-0.25, -0.2) is 14.8 Å². The van der Waals surface area contributed by atoms with Gasteiger partial charge in [0, 0.05) is 44.8 Å². The van der Waals surface area contributed by atoms with Crippen LogP contribution in [0.5, 0.6) is 11.5 Å². The average molecular weight is 580 g/mol. The van der Waals surface area contributed by atoms with Crippen molar-refractivity contribution in [3.63, 3.8) is 0 Å². The Kier molecular flexibility index (Phi) is 7.43. The summed E-state index contributed by atoms with van der Waals surface area (Å²) < 4.78 is 8.94. The predicted octanol–water partition coefficient (Wildman–Crippen LogP) is 2.47. The van der Waals surface area contributed by atoms with E-state index in [-0.39, 0.29) is 42.1 Å². The molecule has 2 aromatic heterocycles. The van der Waals surface area contributed by atoms with Crippen molar-refractivity contribution in [1.29, 1.82) is 5.26 Å². The molecule has 220 valence electrons. The molecule has 12 heteroatoms. The van der Waals surface area contributed by atoms with Gasteiger partial charge in [0.1, 0.15) is 35.0 Å². The maximum Gasteiger partial charge on any atom is 0.335 e. The van der Waals surface area contributed by atoms with Gasteiger partial charge >= 0.3 is 5.69 Å². The number of likely N-dealkylation sites (tertiary alicyclic amines) is 1. The van der Waals surface area contributed by atoms with E-state index in [4.69, 9.17) is 10.5 Å². The number of anilines is 1. The van der Waals surface area contributed by atoms with Crippen LogP contribution >= 0.6 is 0 Å². The van der Waals surface area contributed by atoms with Crippen molar-refractivity contribution in [3.8, 4) is 23.3 Å². The summed E-state index contributed by atoms with van der Waals surface area (Å²) in [5.41, 5.74) is 6.92. The molecule has 6 rings (SSSR count). The van der Waals surface area contributed by atoms with Crippen molar-refractivity contribution >= 4 is 22.9 Å². The Morgan fingerprint density at radius 2 is 1.74 bits per heavy atom. The number of nitrogen functional groups attached to an aromatic ring is 1. The van der Waals surface area contributed by atoms with Crippen LogP contribution in [0.25, 0.3) is 16.9 Å². The van der Waals surface area contributed by atoms with Gasteiger partial charge in [0.25, 0.3) is 5.91 Å². The van der Waals surface area contributed by atoms with Gasteiger partial charge in [-0.05, 0) is 56.3 Å². The van der Waals surface area contributed by atoms with Crippen molar-refractivity contribution < 1.29 is 9.53 Å². The van der Waals surface area contributed by atoms with Crippen LogP contribution in [0.4, 0.5) is 5.82 Å². The van der Waals surface area contributed by atoms with Crippen molar-refractivity contribution in [2.45, 2.75) is 25.4 Å². The fourth-order valence-electron chi connectivity index (χ4n) is 5.71. The summed E-state index contributed by atoms with van der Waals surface area (Å²) in [6.45, 7) is 7.95. The highest BCUT2D eigenvalue weighted by Crippen LogP contribution is 2.30. The number of nitrogens with zero attached hydrogens (tertiary/aromatic N) is 7. The SMILES string of the molecule is CC(C)(/C=C(/C#N)C(=O)N1CC(n2c(=O)n(-c3ccc(Oc4ccccc4)cc3)c3c(N)ncnc32)C1)N1CCNCC1. The number of nitriles is 1. The maximum atomic E-state index is 13.9. The highest BCUT2D eigenvalue weighted by molar-refractivity contribution is 5.98. The summed E-state index contributed by atoms with van der Waals surface area (Å²) in [6, 6.07) is 18.3. The molecular formula is C31H33N9O3. The van der Waals surface area contributed by atoms with E-state index in [0.29, 0.717) is 28.4 Å². The maximum absolute atomic E-state index is 13.9. The first-order chi connectivity index (χ1) is 20.8. The molecule has 4 aromatic rings. The molecule has 2 saturated heterocycles. The minimum Gasteiger partial charge on any atom is -0.457 e. The number of imidazole rings is 1. The zero-order valence-corrected chi connectivity index (χ0v) is 24.1. The molecule has 2 fully saturated rings. The Morgan fingerprint density at radius 1 is 1.07 bits per heavy atom. The van der Waals surface area contributed by atoms with E-state index < -0.39 is 5.54 Å². The van der Waals surface area contributed by atoms with Crippen molar-refractivity contribution in [1.82, 2.24) is 34.2 Å². The third-order valence-electron chi connectivity index (χ3n) is 8.05. The lowest BCUT2D eigenvalue weighted by Crippen LogP contribution is -2.54. The Morgan fingerprint density at radius 3 is 2.42 bits per heavy atom. The number of fused-ring (bicyclic) bond motifs is 1. The van der Waals surface area contributed by atoms with Gasteiger partial charge in [-0.3, -0.25) is 18.8 Å². The van der Waals surface area contributed by atoms with E-state index in [2.05, 4.69) is 26.3 Å². The second-order valence-electron chi connectivity index (χ2n) is 11.3. The Balaban J connectivity index is 1.25. The average Bonchev–Trinajstić information content (AvgIpc) is 3.29. The molecule has 0 spiro atoms. The number of nitrogens with one attached hydrogen (secondary N) is 1. The van der Waals surface area contributed by atoms with Gasteiger partial charge in [0.05, 0.1) is 11.7 Å². The van der Waals surface area contributed by atoms with Crippen LogP contribution in [-0.2, 0) is 4.79 Å². The lowest BCUT2D eigenvalue weighted by molar-refractivity contribution is -0.132. The van der Waals surface area contributed by atoms with Gasteiger partial charge in [-0.15, -0.1) is 0 Å². The number of carbonyl (C=O) groups is 1. The number of para-hydroxylation sites is 1. The molecule has 0 atom stereocenters. The Bertz CT molecular complexity index is 1770. The first kappa shape index (κ1) is 28.1. The Hall–Kier alpha value is -4.99. The van der Waals surface area contributed by atoms with E-state index in [0.717, 1.165) is 26.2 Å². The van der Waals surface area contributed by atoms with Crippen LogP contribution in [0.1, 0.15) is 19.9 Å². The molecule has 0 bridgehead atoms. The first-order valence-electron chi connectivity index (χ1n) is 14.2. The summed E-state index contributed by atoms with van der Waals surface area (Å²) in [5, 5.41) is 13.2. The van der Waals surface area contributed by atoms with Gasteiger partial charge in [-0.1, -0.05) is 18.2 Å². The molecule has 2 aliphatic rings. The summed E-state index contributed by atoms with van der Waals surface area (Å²) in [6.07, 6.45) is 3.08. The lowest BCUT2D eigenvalue weighted by Gasteiger charge is -2.41. The number of ether oxygens (including phenoxy) is 1. The predicted molar refractivity (Wildman–Crippen MR) is 162 cm³/mol. The second kappa shape index (κ2) is 11.4. The fraction of sp³-hybridized carbons (Fsp3) is 0.323. The fourth-order valence-corrected chi connectivity index (χ4v) is 5.71. The molecule has 0 aliphatic carbocycles. The summed E-state index contributed by atoms with van der Waals surface area (Å²) >= 11 is 0. The van der Waals surface area contributed by atoms with Crippen LogP contribution in [0.3, 0.4) is 0 Å². The number of hydrogen-bond acceptors (Lipinski definition) is 9. The normalized spacial score (nSPS) is 16.6. The summed E-state index contributed by atoms with van der Waals surface area (Å²) in [4.78, 5) is 39.6. The molecule has 0 unspecified atom stereocenters. The smallest absolute Gasteiger partial charge is 0.335 e. The van der Waals surface area contributed by atoms with Crippen LogP contribution in [-0.4, -0.2) is 79.6 Å². The molecule has 43 heavy (non-hydrogen) atoms. The largest absolute Gasteiger partial charge is 0.457 e. The second-order valence-corrected chi connectivity index (χ2v) is 11.3. The van der Waals surface area contributed by atoms with E-state index >= 15 is 0 Å². The van der Waals surface area contributed by atoms with Crippen molar-refractivity contribution in [3.05, 3.63) is 83.1 Å². The zero-order chi connectivity index (χ0) is 30.1. The highest BCUT2D eigenvalue weighted by atomic mass is 16.5. The van der Waals surface area contributed by atoms with E-state index in [9.17, 15) is 14.9 Å². The quantitative estimate of drug-likeness (QED) is 0.249. The minimum atomic E-state index is -0.451. The topological polar surface area (TPSA) is 147 Å². The van der Waals surface area contributed by atoms with E-state index in [1.165, 1.54) is 10.9 Å².